The molecular formula is C19H18FN3O3. The van der Waals surface area contributed by atoms with Gasteiger partial charge in [-0.25, -0.2) is 4.39 Å². The summed E-state index contributed by atoms with van der Waals surface area (Å²) in [6, 6.07) is 7.64. The van der Waals surface area contributed by atoms with E-state index in [9.17, 15) is 9.18 Å². The third-order valence-electron chi connectivity index (χ3n) is 4.69. The van der Waals surface area contributed by atoms with Gasteiger partial charge in [0.1, 0.15) is 11.6 Å². The summed E-state index contributed by atoms with van der Waals surface area (Å²) in [5.41, 5.74) is 1.28. The van der Waals surface area contributed by atoms with Crippen LogP contribution in [0.4, 0.5) is 4.39 Å². The molecule has 1 aliphatic rings. The molecule has 4 rings (SSSR count). The van der Waals surface area contributed by atoms with Crippen molar-refractivity contribution in [3.63, 3.8) is 0 Å². The number of piperidine rings is 1. The van der Waals surface area contributed by atoms with Gasteiger partial charge >= 0.3 is 0 Å². The second-order valence-corrected chi connectivity index (χ2v) is 6.44. The first-order chi connectivity index (χ1) is 12.6. The molecule has 1 aliphatic heterocycles. The molecular weight excluding hydrogens is 337 g/mol. The van der Waals surface area contributed by atoms with E-state index in [1.165, 1.54) is 18.4 Å². The summed E-state index contributed by atoms with van der Waals surface area (Å²) < 4.78 is 23.7. The lowest BCUT2D eigenvalue weighted by Gasteiger charge is -2.30. The first-order valence-electron chi connectivity index (χ1n) is 8.55. The van der Waals surface area contributed by atoms with Crippen LogP contribution >= 0.6 is 0 Å². The summed E-state index contributed by atoms with van der Waals surface area (Å²) >= 11 is 0. The lowest BCUT2D eigenvalue weighted by molar-refractivity contribution is 0.0694. The second-order valence-electron chi connectivity index (χ2n) is 6.44. The number of aromatic nitrogens is 2. The highest BCUT2D eigenvalue weighted by atomic mass is 19.1. The molecule has 1 saturated heterocycles. The fourth-order valence-corrected chi connectivity index (χ4v) is 3.26. The predicted molar refractivity (Wildman–Crippen MR) is 91.0 cm³/mol. The van der Waals surface area contributed by atoms with Gasteiger partial charge in [0.2, 0.25) is 11.7 Å². The summed E-state index contributed by atoms with van der Waals surface area (Å²) in [7, 11) is 0. The number of furan rings is 1. The Morgan fingerprint density at radius 1 is 1.27 bits per heavy atom. The maximum Gasteiger partial charge on any atom is 0.257 e. The van der Waals surface area contributed by atoms with Crippen molar-refractivity contribution in [1.29, 1.82) is 0 Å². The number of hydrogen-bond donors (Lipinski definition) is 0. The van der Waals surface area contributed by atoms with E-state index in [0.29, 0.717) is 41.7 Å². The maximum atomic E-state index is 13.1. The van der Waals surface area contributed by atoms with Gasteiger partial charge in [-0.05, 0) is 50.1 Å². The van der Waals surface area contributed by atoms with Gasteiger partial charge in [0, 0.05) is 18.7 Å². The molecule has 6 nitrogen and oxygen atoms in total. The van der Waals surface area contributed by atoms with Gasteiger partial charge in [0.05, 0.1) is 17.7 Å². The average Bonchev–Trinajstić information content (AvgIpc) is 3.31. The number of carbonyl (C=O) groups is 1. The summed E-state index contributed by atoms with van der Waals surface area (Å²) in [4.78, 5) is 18.9. The largest absolute Gasteiger partial charge is 0.469 e. The molecule has 1 atom stereocenters. The van der Waals surface area contributed by atoms with Crippen LogP contribution in [0.2, 0.25) is 0 Å². The number of halogens is 1. The summed E-state index contributed by atoms with van der Waals surface area (Å²) in [5.74, 6) is 1.18. The number of carbonyl (C=O) groups excluding carboxylic acids is 1. The van der Waals surface area contributed by atoms with Crippen LogP contribution in [0, 0.1) is 12.7 Å². The number of amides is 1. The van der Waals surface area contributed by atoms with Crippen molar-refractivity contribution in [3.8, 4) is 11.4 Å². The van der Waals surface area contributed by atoms with Crippen molar-refractivity contribution in [2.24, 2.45) is 0 Å². The van der Waals surface area contributed by atoms with Crippen LogP contribution in [0.3, 0.4) is 0 Å². The molecule has 0 radical (unpaired) electrons. The molecule has 1 aromatic carbocycles. The highest BCUT2D eigenvalue weighted by Crippen LogP contribution is 2.28. The topological polar surface area (TPSA) is 72.4 Å². The Morgan fingerprint density at radius 2 is 2.08 bits per heavy atom. The van der Waals surface area contributed by atoms with Gasteiger partial charge in [-0.2, -0.15) is 4.98 Å². The van der Waals surface area contributed by atoms with Gasteiger partial charge in [0.15, 0.2) is 0 Å². The van der Waals surface area contributed by atoms with Crippen molar-refractivity contribution >= 4 is 5.91 Å². The van der Waals surface area contributed by atoms with Crippen molar-refractivity contribution in [2.75, 3.05) is 13.1 Å². The van der Waals surface area contributed by atoms with Crippen molar-refractivity contribution in [3.05, 3.63) is 59.6 Å². The fourth-order valence-electron chi connectivity index (χ4n) is 3.26. The molecule has 0 saturated carbocycles. The monoisotopic (exact) mass is 355 g/mol. The molecule has 3 heterocycles. The smallest absolute Gasteiger partial charge is 0.257 e. The second kappa shape index (κ2) is 6.74. The van der Waals surface area contributed by atoms with E-state index < -0.39 is 0 Å². The molecule has 1 fully saturated rings. The molecule has 7 heteroatoms. The maximum absolute atomic E-state index is 13.1. The third kappa shape index (κ3) is 3.12. The highest BCUT2D eigenvalue weighted by Gasteiger charge is 2.30. The van der Waals surface area contributed by atoms with Crippen LogP contribution in [0.5, 0.6) is 0 Å². The van der Waals surface area contributed by atoms with E-state index >= 15 is 0 Å². The standard InChI is InChI=1S/C19H18FN3O3/c1-12-16(8-10-25-12)19(24)23-9-2-3-14(11-23)18-21-17(22-26-18)13-4-6-15(20)7-5-13/h4-8,10,14H,2-3,9,11H2,1H3/t14-/m0/s1. The van der Waals surface area contributed by atoms with Crippen LogP contribution in [-0.4, -0.2) is 34.0 Å². The molecule has 0 spiro atoms. The Bertz CT molecular complexity index is 916. The number of rotatable bonds is 3. The SMILES string of the molecule is Cc1occc1C(=O)N1CCC[C@H](c2nc(-c3ccc(F)cc3)no2)C1. The van der Waals surface area contributed by atoms with E-state index in [1.807, 2.05) is 0 Å². The lowest BCUT2D eigenvalue weighted by atomic mass is 9.97. The minimum absolute atomic E-state index is 0.0124. The molecule has 1 amide bonds. The third-order valence-corrected chi connectivity index (χ3v) is 4.69. The zero-order chi connectivity index (χ0) is 18.1. The van der Waals surface area contributed by atoms with Crippen molar-refractivity contribution in [1.82, 2.24) is 15.0 Å². The first kappa shape index (κ1) is 16.5. The van der Waals surface area contributed by atoms with Crippen LogP contribution in [-0.2, 0) is 0 Å². The first-order valence-corrected chi connectivity index (χ1v) is 8.55. The number of likely N-dealkylation sites (tertiary alicyclic amines) is 1. The zero-order valence-electron chi connectivity index (χ0n) is 14.3. The van der Waals surface area contributed by atoms with Crippen molar-refractivity contribution < 1.29 is 18.1 Å². The molecule has 134 valence electrons. The highest BCUT2D eigenvalue weighted by molar-refractivity contribution is 5.95. The number of hydrogen-bond acceptors (Lipinski definition) is 5. The molecule has 0 N–H and O–H groups in total. The Hall–Kier alpha value is -2.96. The van der Waals surface area contributed by atoms with E-state index in [4.69, 9.17) is 8.94 Å². The van der Waals surface area contributed by atoms with Crippen LogP contribution in [0.25, 0.3) is 11.4 Å². The summed E-state index contributed by atoms with van der Waals surface area (Å²) in [5, 5.41) is 4.00. The molecule has 26 heavy (non-hydrogen) atoms. The number of nitrogens with zero attached hydrogens (tertiary/aromatic N) is 3. The lowest BCUT2D eigenvalue weighted by Crippen LogP contribution is -2.39. The quantitative estimate of drug-likeness (QED) is 0.715. The number of benzene rings is 1. The van der Waals surface area contributed by atoms with Gasteiger partial charge in [-0.3, -0.25) is 4.79 Å². The van der Waals surface area contributed by atoms with Gasteiger partial charge in [-0.15, -0.1) is 0 Å². The van der Waals surface area contributed by atoms with Crippen LogP contribution in [0.1, 0.15) is 40.8 Å². The molecule has 0 bridgehead atoms. The molecule has 3 aromatic rings. The number of aryl methyl sites for hydroxylation is 1. The molecule has 2 aromatic heterocycles. The van der Waals surface area contributed by atoms with E-state index in [0.717, 1.165) is 12.8 Å². The Morgan fingerprint density at radius 3 is 2.81 bits per heavy atom. The average molecular weight is 355 g/mol. The predicted octanol–water partition coefficient (Wildman–Crippen LogP) is 3.80. The summed E-state index contributed by atoms with van der Waals surface area (Å²) in [6.45, 7) is 3.00. The normalized spacial score (nSPS) is 17.5. The minimum Gasteiger partial charge on any atom is -0.469 e. The van der Waals surface area contributed by atoms with Crippen LogP contribution < -0.4 is 0 Å². The Labute approximate surface area is 149 Å². The van der Waals surface area contributed by atoms with E-state index in [-0.39, 0.29) is 17.6 Å². The van der Waals surface area contributed by atoms with Gasteiger partial charge in [0.25, 0.3) is 5.91 Å². The van der Waals surface area contributed by atoms with Gasteiger partial charge in [-0.1, -0.05) is 5.16 Å². The molecule has 0 unspecified atom stereocenters. The minimum atomic E-state index is -0.312. The van der Waals surface area contributed by atoms with E-state index in [2.05, 4.69) is 10.1 Å². The summed E-state index contributed by atoms with van der Waals surface area (Å²) in [6.07, 6.45) is 3.26. The molecule has 0 aliphatic carbocycles. The zero-order valence-corrected chi connectivity index (χ0v) is 14.3. The van der Waals surface area contributed by atoms with E-state index in [1.54, 1.807) is 30.0 Å². The van der Waals surface area contributed by atoms with Crippen molar-refractivity contribution in [2.45, 2.75) is 25.7 Å². The Balaban J connectivity index is 1.51. The van der Waals surface area contributed by atoms with Crippen LogP contribution in [0.15, 0.2) is 45.5 Å². The Kier molecular flexibility index (Phi) is 4.28. The fraction of sp³-hybridized carbons (Fsp3) is 0.316. The van der Waals surface area contributed by atoms with Gasteiger partial charge < -0.3 is 13.8 Å².